The zero-order valence-electron chi connectivity index (χ0n) is 13.4. The molecule has 0 atom stereocenters. The molecule has 0 saturated heterocycles. The number of nitrogen functional groups attached to an aromatic ring is 1. The molecular formula is C16H27N5O2. The number of carbonyl (C=O) groups excluding carboxylic acids is 1. The predicted molar refractivity (Wildman–Crippen MR) is 93.4 cm³/mol. The Morgan fingerprint density at radius 2 is 1.83 bits per heavy atom. The summed E-state index contributed by atoms with van der Waals surface area (Å²) in [6, 6.07) is 2.08. The first-order valence-electron chi connectivity index (χ1n) is 7.03. The summed E-state index contributed by atoms with van der Waals surface area (Å²) >= 11 is 0. The lowest BCUT2D eigenvalue weighted by Crippen LogP contribution is -2.38. The molecule has 3 N–H and O–H groups in total. The van der Waals surface area contributed by atoms with Gasteiger partial charge in [0.15, 0.2) is 0 Å². The van der Waals surface area contributed by atoms with Crippen molar-refractivity contribution in [1.29, 1.82) is 0 Å². The van der Waals surface area contributed by atoms with Gasteiger partial charge in [-0.25, -0.2) is 4.79 Å². The van der Waals surface area contributed by atoms with Crippen molar-refractivity contribution in [3.8, 4) is 0 Å². The molecule has 7 heteroatoms. The highest BCUT2D eigenvalue weighted by Crippen LogP contribution is 2.09. The minimum Gasteiger partial charge on any atom is -0.383 e. The lowest BCUT2D eigenvalue weighted by molar-refractivity contribution is -0.116. The van der Waals surface area contributed by atoms with Crippen molar-refractivity contribution in [2.45, 2.75) is 47.2 Å². The zero-order chi connectivity index (χ0) is 16.9. The van der Waals surface area contributed by atoms with E-state index >= 15 is 0 Å². The molecule has 0 radical (unpaired) electrons. The van der Waals surface area contributed by atoms with Gasteiger partial charge in [-0.1, -0.05) is 14.0 Å². The van der Waals surface area contributed by atoms with E-state index in [0.29, 0.717) is 11.9 Å². The smallest absolute Gasteiger partial charge is 0.349 e. The largest absolute Gasteiger partial charge is 0.383 e. The molecule has 0 spiro atoms. The number of hydrogen-bond donors (Lipinski definition) is 2. The van der Waals surface area contributed by atoms with Gasteiger partial charge in [-0.2, -0.15) is 4.98 Å². The minimum absolute atomic E-state index is 0. The summed E-state index contributed by atoms with van der Waals surface area (Å²) in [4.78, 5) is 27.3. The van der Waals surface area contributed by atoms with Crippen LogP contribution in [0.2, 0.25) is 0 Å². The van der Waals surface area contributed by atoms with Crippen LogP contribution in [-0.4, -0.2) is 26.4 Å². The normalized spacial score (nSPS) is 13.4. The van der Waals surface area contributed by atoms with Crippen molar-refractivity contribution in [2.75, 3.05) is 5.73 Å². The van der Waals surface area contributed by atoms with Crippen molar-refractivity contribution in [3.05, 3.63) is 47.4 Å². The summed E-state index contributed by atoms with van der Waals surface area (Å²) in [5.74, 6) is 0.811. The van der Waals surface area contributed by atoms with E-state index in [4.69, 9.17) is 5.73 Å². The fourth-order valence-electron chi connectivity index (χ4n) is 1.79. The van der Waals surface area contributed by atoms with E-state index in [1.807, 2.05) is 32.6 Å². The SMILES string of the molecule is C.C=C1NC(=O)C=CN1C(C)C.CC(C)n1ccc(N)nc1=O. The van der Waals surface area contributed by atoms with Gasteiger partial charge in [0.25, 0.3) is 5.91 Å². The molecule has 128 valence electrons. The standard InChI is InChI=1S/C8H12N2O.C7H11N3O.CH4/c1-6(2)10-5-4-8(11)9-7(10)3;1-5(2)10-4-3-6(8)9-7(10)11;/h4-6H,3H2,1-2H3,(H,9,11);3-5H,1-2H3,(H2,8,9,11);1H4. The van der Waals surface area contributed by atoms with Gasteiger partial charge >= 0.3 is 5.69 Å². The molecule has 1 aromatic rings. The predicted octanol–water partition coefficient (Wildman–Crippen LogP) is 1.85. The second-order valence-electron chi connectivity index (χ2n) is 5.39. The summed E-state index contributed by atoms with van der Waals surface area (Å²) in [5.41, 5.74) is 5.01. The number of rotatable bonds is 2. The maximum absolute atomic E-state index is 11.1. The lowest BCUT2D eigenvalue weighted by atomic mass is 10.3. The van der Waals surface area contributed by atoms with E-state index in [1.54, 1.807) is 18.5 Å². The maximum atomic E-state index is 11.1. The summed E-state index contributed by atoms with van der Waals surface area (Å²) in [6.07, 6.45) is 4.88. The molecule has 0 aliphatic carbocycles. The Hall–Kier alpha value is -2.57. The minimum atomic E-state index is -0.292. The van der Waals surface area contributed by atoms with Gasteiger partial charge < -0.3 is 16.0 Å². The van der Waals surface area contributed by atoms with Crippen LogP contribution in [0.5, 0.6) is 0 Å². The Morgan fingerprint density at radius 1 is 1.22 bits per heavy atom. The molecule has 1 aliphatic rings. The molecule has 7 nitrogen and oxygen atoms in total. The number of nitrogens with two attached hydrogens (primary N) is 1. The number of nitrogens with zero attached hydrogens (tertiary/aromatic N) is 3. The van der Waals surface area contributed by atoms with Crippen molar-refractivity contribution < 1.29 is 4.79 Å². The topological polar surface area (TPSA) is 93.2 Å². The van der Waals surface area contributed by atoms with Crippen LogP contribution in [-0.2, 0) is 4.79 Å². The molecular weight excluding hydrogens is 294 g/mol. The Kier molecular flexibility index (Phi) is 7.79. The first kappa shape index (κ1) is 20.4. The number of anilines is 1. The van der Waals surface area contributed by atoms with Crippen LogP contribution in [0.4, 0.5) is 5.82 Å². The van der Waals surface area contributed by atoms with Crippen molar-refractivity contribution in [3.63, 3.8) is 0 Å². The second-order valence-corrected chi connectivity index (χ2v) is 5.39. The summed E-state index contributed by atoms with van der Waals surface area (Å²) in [5, 5.41) is 2.62. The third-order valence-corrected chi connectivity index (χ3v) is 2.93. The lowest BCUT2D eigenvalue weighted by Gasteiger charge is -2.29. The van der Waals surface area contributed by atoms with E-state index in [-0.39, 0.29) is 30.9 Å². The van der Waals surface area contributed by atoms with Crippen molar-refractivity contribution >= 4 is 11.7 Å². The van der Waals surface area contributed by atoms with Crippen LogP contribution in [0.1, 0.15) is 41.2 Å². The highest BCUT2D eigenvalue weighted by molar-refractivity contribution is 5.89. The average molecular weight is 321 g/mol. The van der Waals surface area contributed by atoms with E-state index in [2.05, 4.69) is 16.9 Å². The van der Waals surface area contributed by atoms with E-state index in [9.17, 15) is 9.59 Å². The number of amides is 1. The van der Waals surface area contributed by atoms with Gasteiger partial charge in [-0.05, 0) is 33.8 Å². The van der Waals surface area contributed by atoms with E-state index < -0.39 is 0 Å². The highest BCUT2D eigenvalue weighted by Gasteiger charge is 2.14. The van der Waals surface area contributed by atoms with Crippen LogP contribution in [0.25, 0.3) is 0 Å². The number of carbonyl (C=O) groups is 1. The molecule has 23 heavy (non-hydrogen) atoms. The van der Waals surface area contributed by atoms with Gasteiger partial charge in [-0.3, -0.25) is 9.36 Å². The number of nitrogens with one attached hydrogen (secondary N) is 1. The van der Waals surface area contributed by atoms with Gasteiger partial charge in [0.1, 0.15) is 11.6 Å². The van der Waals surface area contributed by atoms with Crippen LogP contribution < -0.4 is 16.7 Å². The first-order valence-corrected chi connectivity index (χ1v) is 7.03. The fourth-order valence-corrected chi connectivity index (χ4v) is 1.79. The molecule has 0 aromatic carbocycles. The van der Waals surface area contributed by atoms with Gasteiger partial charge in [0.05, 0.1) is 0 Å². The van der Waals surface area contributed by atoms with E-state index in [0.717, 1.165) is 0 Å². The first-order chi connectivity index (χ1) is 10.2. The molecule has 1 aromatic heterocycles. The van der Waals surface area contributed by atoms with Crippen molar-refractivity contribution in [1.82, 2.24) is 19.8 Å². The maximum Gasteiger partial charge on any atom is 0.349 e. The molecule has 0 unspecified atom stereocenters. The molecule has 2 rings (SSSR count). The van der Waals surface area contributed by atoms with Crippen LogP contribution in [0.3, 0.4) is 0 Å². The van der Waals surface area contributed by atoms with Crippen LogP contribution >= 0.6 is 0 Å². The Labute approximate surface area is 137 Å². The molecule has 0 fully saturated rings. The average Bonchev–Trinajstić information content (AvgIpc) is 2.38. The van der Waals surface area contributed by atoms with Gasteiger partial charge in [0, 0.05) is 30.6 Å². The Balaban J connectivity index is 0.000000403. The van der Waals surface area contributed by atoms with Crippen LogP contribution in [0.15, 0.2) is 41.7 Å². The summed E-state index contributed by atoms with van der Waals surface area (Å²) in [6.45, 7) is 11.6. The molecule has 0 saturated carbocycles. The third-order valence-electron chi connectivity index (χ3n) is 2.93. The molecule has 1 amide bonds. The van der Waals surface area contributed by atoms with Crippen LogP contribution in [0, 0.1) is 0 Å². The third kappa shape index (κ3) is 5.98. The summed E-state index contributed by atoms with van der Waals surface area (Å²) in [7, 11) is 0. The van der Waals surface area contributed by atoms with Gasteiger partial charge in [-0.15, -0.1) is 0 Å². The fraction of sp³-hybridized carbons (Fsp3) is 0.438. The van der Waals surface area contributed by atoms with Crippen molar-refractivity contribution in [2.24, 2.45) is 0 Å². The molecule has 2 heterocycles. The highest BCUT2D eigenvalue weighted by atomic mass is 16.2. The number of hydrogen-bond acceptors (Lipinski definition) is 5. The van der Waals surface area contributed by atoms with E-state index in [1.165, 1.54) is 10.6 Å². The molecule has 1 aliphatic heterocycles. The number of aromatic nitrogens is 2. The zero-order valence-corrected chi connectivity index (χ0v) is 13.4. The monoisotopic (exact) mass is 321 g/mol. The second kappa shape index (κ2) is 8.77. The quantitative estimate of drug-likeness (QED) is 0.867. The summed E-state index contributed by atoms with van der Waals surface area (Å²) < 4.78 is 1.52. The van der Waals surface area contributed by atoms with Gasteiger partial charge in [0.2, 0.25) is 0 Å². The Bertz CT molecular complexity index is 632. The molecule has 0 bridgehead atoms. The Morgan fingerprint density at radius 3 is 2.26 bits per heavy atom.